The van der Waals surface area contributed by atoms with Crippen molar-refractivity contribution in [2.45, 2.75) is 20.4 Å². The molecule has 0 spiro atoms. The van der Waals surface area contributed by atoms with E-state index in [-0.39, 0.29) is 6.79 Å². The van der Waals surface area contributed by atoms with Gasteiger partial charge in [-0.25, -0.2) is 4.98 Å². The summed E-state index contributed by atoms with van der Waals surface area (Å²) < 4.78 is 10.8. The van der Waals surface area contributed by atoms with Crippen LogP contribution in [-0.2, 0) is 6.54 Å². The highest BCUT2D eigenvalue weighted by Gasteiger charge is 2.19. The Morgan fingerprint density at radius 2 is 2.00 bits per heavy atom. The normalized spacial score (nSPS) is 13.1. The molecule has 2 aromatic rings. The lowest BCUT2D eigenvalue weighted by atomic mass is 10.0. The Morgan fingerprint density at radius 1 is 1.28 bits per heavy atom. The zero-order valence-corrected chi connectivity index (χ0v) is 10.4. The van der Waals surface area contributed by atoms with Crippen LogP contribution in [0.1, 0.15) is 17.1 Å². The van der Waals surface area contributed by atoms with Gasteiger partial charge in [-0.1, -0.05) is 0 Å². The van der Waals surface area contributed by atoms with E-state index in [0.29, 0.717) is 6.54 Å². The molecule has 2 heterocycles. The molecule has 0 saturated heterocycles. The summed E-state index contributed by atoms with van der Waals surface area (Å²) in [5, 5.41) is 0. The third-order valence-electron chi connectivity index (χ3n) is 3.08. The number of imidazole rings is 1. The summed E-state index contributed by atoms with van der Waals surface area (Å²) in [6.45, 7) is 4.66. The van der Waals surface area contributed by atoms with Crippen LogP contribution in [0.15, 0.2) is 12.1 Å². The molecule has 0 bridgehead atoms. The summed E-state index contributed by atoms with van der Waals surface area (Å²) in [7, 11) is 0. The fourth-order valence-electron chi connectivity index (χ4n) is 2.21. The third-order valence-corrected chi connectivity index (χ3v) is 3.08. The third kappa shape index (κ3) is 1.64. The highest BCUT2D eigenvalue weighted by atomic mass is 16.7. The molecule has 0 unspecified atom stereocenters. The van der Waals surface area contributed by atoms with Gasteiger partial charge in [0.2, 0.25) is 6.79 Å². The maximum atomic E-state index is 5.74. The first-order valence-corrected chi connectivity index (χ1v) is 5.85. The van der Waals surface area contributed by atoms with Crippen LogP contribution in [-0.4, -0.2) is 16.8 Å². The van der Waals surface area contributed by atoms with Gasteiger partial charge in [-0.3, -0.25) is 0 Å². The van der Waals surface area contributed by atoms with Crippen LogP contribution in [0.25, 0.3) is 11.3 Å². The highest BCUT2D eigenvalue weighted by molar-refractivity contribution is 5.70. The number of nitrogens with one attached hydrogen (secondary N) is 1. The second-order valence-corrected chi connectivity index (χ2v) is 4.37. The van der Waals surface area contributed by atoms with Crippen molar-refractivity contribution in [1.29, 1.82) is 0 Å². The van der Waals surface area contributed by atoms with Gasteiger partial charge in [0, 0.05) is 12.1 Å². The van der Waals surface area contributed by atoms with Crippen LogP contribution >= 0.6 is 0 Å². The van der Waals surface area contributed by atoms with Gasteiger partial charge in [-0.05, 0) is 31.5 Å². The summed E-state index contributed by atoms with van der Waals surface area (Å²) in [5.41, 5.74) is 9.70. The van der Waals surface area contributed by atoms with Crippen molar-refractivity contribution in [1.82, 2.24) is 9.97 Å². The molecule has 1 aliphatic rings. The molecule has 1 aromatic heterocycles. The van der Waals surface area contributed by atoms with Gasteiger partial charge in [0.25, 0.3) is 0 Å². The number of aryl methyl sites for hydroxylation is 2. The topological polar surface area (TPSA) is 73.2 Å². The molecule has 1 aliphatic heterocycles. The monoisotopic (exact) mass is 245 g/mol. The number of hydrogen-bond acceptors (Lipinski definition) is 4. The van der Waals surface area contributed by atoms with E-state index in [1.54, 1.807) is 0 Å². The lowest BCUT2D eigenvalue weighted by molar-refractivity contribution is 0.174. The quantitative estimate of drug-likeness (QED) is 0.847. The summed E-state index contributed by atoms with van der Waals surface area (Å²) in [6, 6.07) is 3.94. The van der Waals surface area contributed by atoms with E-state index in [4.69, 9.17) is 15.2 Å². The van der Waals surface area contributed by atoms with Crippen LogP contribution in [0.4, 0.5) is 0 Å². The van der Waals surface area contributed by atoms with Crippen molar-refractivity contribution in [3.8, 4) is 22.8 Å². The largest absolute Gasteiger partial charge is 0.454 e. The molecule has 0 aliphatic carbocycles. The summed E-state index contributed by atoms with van der Waals surface area (Å²) in [6.07, 6.45) is 0. The van der Waals surface area contributed by atoms with Crippen LogP contribution in [0.3, 0.4) is 0 Å². The minimum absolute atomic E-state index is 0.279. The van der Waals surface area contributed by atoms with E-state index in [9.17, 15) is 0 Å². The van der Waals surface area contributed by atoms with Crippen LogP contribution in [0.2, 0.25) is 0 Å². The Labute approximate surface area is 105 Å². The summed E-state index contributed by atoms with van der Waals surface area (Å²) >= 11 is 0. The first-order chi connectivity index (χ1) is 8.69. The van der Waals surface area contributed by atoms with Crippen LogP contribution in [0, 0.1) is 13.8 Å². The number of H-pyrrole nitrogens is 1. The Hall–Kier alpha value is -2.01. The number of nitrogens with two attached hydrogens (primary N) is 1. The van der Waals surface area contributed by atoms with Crippen molar-refractivity contribution in [3.63, 3.8) is 0 Å². The summed E-state index contributed by atoms with van der Waals surface area (Å²) in [4.78, 5) is 7.69. The van der Waals surface area contributed by atoms with Gasteiger partial charge < -0.3 is 20.2 Å². The molecule has 5 nitrogen and oxygen atoms in total. The molecule has 18 heavy (non-hydrogen) atoms. The van der Waals surface area contributed by atoms with Crippen LogP contribution in [0.5, 0.6) is 11.5 Å². The van der Waals surface area contributed by atoms with E-state index in [1.807, 2.05) is 26.0 Å². The number of fused-ring (bicyclic) bond motifs is 1. The van der Waals surface area contributed by atoms with Gasteiger partial charge in [0.1, 0.15) is 5.82 Å². The lowest BCUT2D eigenvalue weighted by Gasteiger charge is -2.06. The minimum atomic E-state index is 0.279. The average Bonchev–Trinajstić information content (AvgIpc) is 2.93. The Kier molecular flexibility index (Phi) is 2.48. The number of ether oxygens (including phenoxy) is 2. The van der Waals surface area contributed by atoms with Gasteiger partial charge in [0.15, 0.2) is 11.5 Å². The zero-order chi connectivity index (χ0) is 12.7. The predicted molar refractivity (Wildman–Crippen MR) is 67.5 cm³/mol. The van der Waals surface area contributed by atoms with E-state index < -0.39 is 0 Å². The molecule has 94 valence electrons. The first kappa shape index (κ1) is 11.1. The maximum absolute atomic E-state index is 5.74. The smallest absolute Gasteiger partial charge is 0.231 e. The van der Waals surface area contributed by atoms with Gasteiger partial charge in [-0.15, -0.1) is 0 Å². The molecule has 1 aromatic carbocycles. The van der Waals surface area contributed by atoms with Crippen molar-refractivity contribution in [2.75, 3.05) is 6.79 Å². The van der Waals surface area contributed by atoms with Crippen molar-refractivity contribution in [3.05, 3.63) is 29.2 Å². The molecule has 3 N–H and O–H groups in total. The SMILES string of the molecule is Cc1nc(-c2cc3c(cc2C)OCO3)c(CN)[nH]1. The molecule has 5 heteroatoms. The fourth-order valence-corrected chi connectivity index (χ4v) is 2.21. The molecule has 0 atom stereocenters. The molecule has 0 saturated carbocycles. The number of rotatable bonds is 2. The summed E-state index contributed by atoms with van der Waals surface area (Å²) in [5.74, 6) is 2.42. The number of nitrogens with zero attached hydrogens (tertiary/aromatic N) is 1. The lowest BCUT2D eigenvalue weighted by Crippen LogP contribution is -1.99. The predicted octanol–water partition coefficient (Wildman–Crippen LogP) is 1.88. The van der Waals surface area contributed by atoms with Crippen molar-refractivity contribution in [2.24, 2.45) is 5.73 Å². The second kappa shape index (κ2) is 4.03. The zero-order valence-electron chi connectivity index (χ0n) is 10.4. The number of aromatic amines is 1. The van der Waals surface area contributed by atoms with Crippen molar-refractivity contribution >= 4 is 0 Å². The molecular weight excluding hydrogens is 230 g/mol. The molecular formula is C13H15N3O2. The van der Waals surface area contributed by atoms with Crippen molar-refractivity contribution < 1.29 is 9.47 Å². The van der Waals surface area contributed by atoms with E-state index in [0.717, 1.165) is 39.8 Å². The Morgan fingerprint density at radius 3 is 2.72 bits per heavy atom. The number of benzene rings is 1. The second-order valence-electron chi connectivity index (χ2n) is 4.37. The highest BCUT2D eigenvalue weighted by Crippen LogP contribution is 2.38. The molecule has 0 fully saturated rings. The van der Waals surface area contributed by atoms with Gasteiger partial charge in [-0.2, -0.15) is 0 Å². The molecule has 3 rings (SSSR count). The number of aromatic nitrogens is 2. The van der Waals surface area contributed by atoms with Crippen LogP contribution < -0.4 is 15.2 Å². The standard InChI is InChI=1S/C13H15N3O2/c1-7-3-11-12(18-6-17-11)4-9(7)13-10(5-14)15-8(2)16-13/h3-4H,5-6,14H2,1-2H3,(H,15,16). The molecule has 0 radical (unpaired) electrons. The fraction of sp³-hybridized carbons (Fsp3) is 0.308. The molecule has 0 amide bonds. The van der Waals surface area contributed by atoms with Gasteiger partial charge >= 0.3 is 0 Å². The van der Waals surface area contributed by atoms with E-state index in [2.05, 4.69) is 9.97 Å². The Balaban J connectivity index is 2.16. The number of hydrogen-bond donors (Lipinski definition) is 2. The maximum Gasteiger partial charge on any atom is 0.231 e. The first-order valence-electron chi connectivity index (χ1n) is 5.85. The van der Waals surface area contributed by atoms with E-state index in [1.165, 1.54) is 0 Å². The van der Waals surface area contributed by atoms with Gasteiger partial charge in [0.05, 0.1) is 11.4 Å². The Bertz CT molecular complexity index is 605. The average molecular weight is 245 g/mol. The minimum Gasteiger partial charge on any atom is -0.454 e. The van der Waals surface area contributed by atoms with E-state index >= 15 is 0 Å².